The molecular formula is C15H21IN2O2. The van der Waals surface area contributed by atoms with Crippen molar-refractivity contribution >= 4 is 28.5 Å². The summed E-state index contributed by atoms with van der Waals surface area (Å²) in [5, 5.41) is 0. The van der Waals surface area contributed by atoms with Crippen LogP contribution in [0, 0.1) is 3.57 Å². The summed E-state index contributed by atoms with van der Waals surface area (Å²) >= 11 is 2.24. The minimum Gasteiger partial charge on any atom is -0.378 e. The molecule has 1 saturated heterocycles. The summed E-state index contributed by atoms with van der Waals surface area (Å²) < 4.78 is 6.90. The molecule has 1 aromatic rings. The predicted octanol–water partition coefficient (Wildman–Crippen LogP) is 2.26. The maximum atomic E-state index is 12.3. The Morgan fingerprint density at radius 1 is 1.30 bits per heavy atom. The lowest BCUT2D eigenvalue weighted by Crippen LogP contribution is -2.41. The van der Waals surface area contributed by atoms with E-state index >= 15 is 0 Å². The predicted molar refractivity (Wildman–Crippen MR) is 87.7 cm³/mol. The molecule has 110 valence electrons. The summed E-state index contributed by atoms with van der Waals surface area (Å²) in [6, 6.07) is 7.73. The lowest BCUT2D eigenvalue weighted by molar-refractivity contribution is 0.00845. The molecule has 20 heavy (non-hydrogen) atoms. The number of hydrogen-bond donors (Lipinski definition) is 1. The normalized spacial score (nSPS) is 16.4. The zero-order valence-corrected chi connectivity index (χ0v) is 13.7. The highest BCUT2D eigenvalue weighted by atomic mass is 127. The highest BCUT2D eigenvalue weighted by Gasteiger charge is 2.23. The van der Waals surface area contributed by atoms with Gasteiger partial charge in [-0.3, -0.25) is 4.79 Å². The Morgan fingerprint density at radius 3 is 2.55 bits per heavy atom. The van der Waals surface area contributed by atoms with Gasteiger partial charge in [0.15, 0.2) is 0 Å². The van der Waals surface area contributed by atoms with Crippen LogP contribution in [0.3, 0.4) is 0 Å². The maximum absolute atomic E-state index is 12.3. The Kier molecular flexibility index (Phi) is 6.25. The van der Waals surface area contributed by atoms with E-state index < -0.39 is 0 Å². The molecule has 0 saturated carbocycles. The van der Waals surface area contributed by atoms with E-state index in [1.165, 1.54) is 0 Å². The number of piperidine rings is 1. The molecule has 1 fully saturated rings. The minimum atomic E-state index is 0.127. The van der Waals surface area contributed by atoms with Crippen LogP contribution in [-0.2, 0) is 4.74 Å². The number of likely N-dealkylation sites (tertiary alicyclic amines) is 1. The molecule has 0 spiro atoms. The number of nitrogens with two attached hydrogens (primary N) is 1. The molecule has 5 heteroatoms. The van der Waals surface area contributed by atoms with Gasteiger partial charge in [0.1, 0.15) is 0 Å². The maximum Gasteiger partial charge on any atom is 0.253 e. The molecule has 0 atom stereocenters. The van der Waals surface area contributed by atoms with Gasteiger partial charge in [0.2, 0.25) is 0 Å². The zero-order valence-electron chi connectivity index (χ0n) is 11.6. The van der Waals surface area contributed by atoms with Gasteiger partial charge in [-0.15, -0.1) is 0 Å². The number of benzene rings is 1. The van der Waals surface area contributed by atoms with Crippen LogP contribution in [0.5, 0.6) is 0 Å². The Morgan fingerprint density at radius 2 is 1.95 bits per heavy atom. The molecule has 1 aromatic carbocycles. The average Bonchev–Trinajstić information content (AvgIpc) is 2.48. The molecule has 2 N–H and O–H groups in total. The summed E-state index contributed by atoms with van der Waals surface area (Å²) in [4.78, 5) is 14.3. The summed E-state index contributed by atoms with van der Waals surface area (Å²) in [7, 11) is 0. The van der Waals surface area contributed by atoms with Crippen molar-refractivity contribution in [2.45, 2.75) is 25.4 Å². The van der Waals surface area contributed by atoms with E-state index in [0.717, 1.165) is 48.1 Å². The van der Waals surface area contributed by atoms with Gasteiger partial charge in [0.25, 0.3) is 5.91 Å². The van der Waals surface area contributed by atoms with Gasteiger partial charge in [-0.2, -0.15) is 0 Å². The second-order valence-electron chi connectivity index (χ2n) is 5.01. The largest absolute Gasteiger partial charge is 0.378 e. The molecule has 0 bridgehead atoms. The van der Waals surface area contributed by atoms with Gasteiger partial charge in [0, 0.05) is 28.8 Å². The van der Waals surface area contributed by atoms with Gasteiger partial charge in [-0.05, 0) is 72.7 Å². The van der Waals surface area contributed by atoms with Crippen LogP contribution in [-0.4, -0.2) is 43.2 Å². The molecule has 0 unspecified atom stereocenters. The third-order valence-electron chi connectivity index (χ3n) is 3.52. The SMILES string of the molecule is NCCCOC1CCN(C(=O)c2ccc(I)cc2)CC1. The lowest BCUT2D eigenvalue weighted by Gasteiger charge is -2.32. The standard InChI is InChI=1S/C15H21IN2O2/c16-13-4-2-12(3-5-13)15(19)18-9-6-14(7-10-18)20-11-1-8-17/h2-5,14H,1,6-11,17H2. The van der Waals surface area contributed by atoms with E-state index in [0.29, 0.717) is 6.54 Å². The van der Waals surface area contributed by atoms with Crippen LogP contribution < -0.4 is 5.73 Å². The van der Waals surface area contributed by atoms with Crippen LogP contribution in [0.4, 0.5) is 0 Å². The van der Waals surface area contributed by atoms with Gasteiger partial charge >= 0.3 is 0 Å². The first-order chi connectivity index (χ1) is 9.70. The number of nitrogens with zero attached hydrogens (tertiary/aromatic N) is 1. The van der Waals surface area contributed by atoms with Crippen LogP contribution in [0.1, 0.15) is 29.6 Å². The highest BCUT2D eigenvalue weighted by Crippen LogP contribution is 2.17. The molecular weight excluding hydrogens is 367 g/mol. The molecule has 1 amide bonds. The van der Waals surface area contributed by atoms with E-state index in [9.17, 15) is 4.79 Å². The minimum absolute atomic E-state index is 0.127. The number of halogens is 1. The van der Waals surface area contributed by atoms with Crippen LogP contribution >= 0.6 is 22.6 Å². The molecule has 1 aliphatic heterocycles. The van der Waals surface area contributed by atoms with Crippen LogP contribution in [0.15, 0.2) is 24.3 Å². The van der Waals surface area contributed by atoms with Gasteiger partial charge in [0.05, 0.1) is 6.10 Å². The fourth-order valence-corrected chi connectivity index (χ4v) is 2.69. The van der Waals surface area contributed by atoms with Crippen molar-refractivity contribution in [3.8, 4) is 0 Å². The van der Waals surface area contributed by atoms with Crippen molar-refractivity contribution in [1.82, 2.24) is 4.90 Å². The van der Waals surface area contributed by atoms with Crippen molar-refractivity contribution in [3.05, 3.63) is 33.4 Å². The molecule has 0 radical (unpaired) electrons. The Balaban J connectivity index is 1.81. The van der Waals surface area contributed by atoms with Crippen LogP contribution in [0.25, 0.3) is 0 Å². The van der Waals surface area contributed by atoms with Crippen molar-refractivity contribution in [1.29, 1.82) is 0 Å². The monoisotopic (exact) mass is 388 g/mol. The van der Waals surface area contributed by atoms with Gasteiger partial charge in [-0.1, -0.05) is 0 Å². The molecule has 2 rings (SSSR count). The Hall–Kier alpha value is -0.660. The first-order valence-electron chi connectivity index (χ1n) is 7.07. The topological polar surface area (TPSA) is 55.6 Å². The van der Waals surface area contributed by atoms with Gasteiger partial charge < -0.3 is 15.4 Å². The molecule has 0 aromatic heterocycles. The summed E-state index contributed by atoms with van der Waals surface area (Å²) in [5.41, 5.74) is 6.22. The Labute approximate surface area is 133 Å². The van der Waals surface area contributed by atoms with E-state index in [4.69, 9.17) is 10.5 Å². The van der Waals surface area contributed by atoms with Crippen molar-refractivity contribution in [2.75, 3.05) is 26.2 Å². The molecule has 0 aliphatic carbocycles. The second kappa shape index (κ2) is 7.95. The Bertz CT molecular complexity index is 428. The summed E-state index contributed by atoms with van der Waals surface area (Å²) in [6.07, 6.45) is 3.02. The number of carbonyl (C=O) groups excluding carboxylic acids is 1. The van der Waals surface area contributed by atoms with E-state index in [2.05, 4.69) is 22.6 Å². The van der Waals surface area contributed by atoms with E-state index in [1.807, 2.05) is 29.2 Å². The average molecular weight is 388 g/mol. The van der Waals surface area contributed by atoms with E-state index in [1.54, 1.807) is 0 Å². The number of rotatable bonds is 5. The summed E-state index contributed by atoms with van der Waals surface area (Å²) in [5.74, 6) is 0.127. The van der Waals surface area contributed by atoms with E-state index in [-0.39, 0.29) is 12.0 Å². The lowest BCUT2D eigenvalue weighted by atomic mass is 10.1. The molecule has 1 aliphatic rings. The van der Waals surface area contributed by atoms with Crippen LogP contribution in [0.2, 0.25) is 0 Å². The van der Waals surface area contributed by atoms with Crippen molar-refractivity contribution < 1.29 is 9.53 Å². The number of ether oxygens (including phenoxy) is 1. The zero-order chi connectivity index (χ0) is 14.4. The third-order valence-corrected chi connectivity index (χ3v) is 4.24. The van der Waals surface area contributed by atoms with Gasteiger partial charge in [-0.25, -0.2) is 0 Å². The van der Waals surface area contributed by atoms with Crippen molar-refractivity contribution in [2.24, 2.45) is 5.73 Å². The quantitative estimate of drug-likeness (QED) is 0.622. The fourth-order valence-electron chi connectivity index (χ4n) is 2.33. The second-order valence-corrected chi connectivity index (χ2v) is 6.26. The summed E-state index contributed by atoms with van der Waals surface area (Å²) in [6.45, 7) is 2.95. The number of hydrogen-bond acceptors (Lipinski definition) is 3. The molecule has 4 nitrogen and oxygen atoms in total. The first kappa shape index (κ1) is 15.7. The number of amides is 1. The fraction of sp³-hybridized carbons (Fsp3) is 0.533. The smallest absolute Gasteiger partial charge is 0.253 e. The number of carbonyl (C=O) groups is 1. The highest BCUT2D eigenvalue weighted by molar-refractivity contribution is 14.1. The molecule has 1 heterocycles. The third kappa shape index (κ3) is 4.43. The first-order valence-corrected chi connectivity index (χ1v) is 8.15. The van der Waals surface area contributed by atoms with Crippen molar-refractivity contribution in [3.63, 3.8) is 0 Å².